The van der Waals surface area contributed by atoms with E-state index in [0.29, 0.717) is 0 Å². The Morgan fingerprint density at radius 1 is 0.889 bits per heavy atom. The molecule has 0 aliphatic rings. The SMILES string of the molecule is [2H]C(C)CCCCCCC. The van der Waals surface area contributed by atoms with Crippen molar-refractivity contribution < 1.29 is 1.37 Å². The van der Waals surface area contributed by atoms with Crippen LogP contribution in [0.1, 0.15) is 60.1 Å². The zero-order valence-electron chi connectivity index (χ0n) is 7.82. The smallest absolute Gasteiger partial charge is 0.0264 e. The molecule has 0 saturated heterocycles. The van der Waals surface area contributed by atoms with Crippen LogP contribution in [0.2, 0.25) is 0 Å². The highest BCUT2D eigenvalue weighted by atomic mass is 13.9. The summed E-state index contributed by atoms with van der Waals surface area (Å²) < 4.78 is 7.26. The van der Waals surface area contributed by atoms with Crippen molar-refractivity contribution in [3.8, 4) is 0 Å². The minimum atomic E-state index is 0.154. The lowest BCUT2D eigenvalue weighted by molar-refractivity contribution is 0.602. The third kappa shape index (κ3) is 8.00. The molecule has 0 amide bonds. The highest BCUT2D eigenvalue weighted by molar-refractivity contribution is 4.41. The van der Waals surface area contributed by atoms with E-state index in [2.05, 4.69) is 6.92 Å². The zero-order chi connectivity index (χ0) is 7.82. The fraction of sp³-hybridized carbons (Fsp3) is 1.00. The second kappa shape index (κ2) is 8.00. The topological polar surface area (TPSA) is 0 Å². The number of unbranched alkanes of at least 4 members (excludes halogenated alkanes) is 4. The van der Waals surface area contributed by atoms with Crippen molar-refractivity contribution in [2.75, 3.05) is 0 Å². The molecular formula is C9H20. The molecule has 9 heavy (non-hydrogen) atoms. The normalized spacial score (nSPS) is 15.1. The average Bonchev–Trinajstić information content (AvgIpc) is 1.87. The Kier molecular flexibility index (Phi) is 6.32. The van der Waals surface area contributed by atoms with Crippen LogP contribution in [0.3, 0.4) is 0 Å². The van der Waals surface area contributed by atoms with Gasteiger partial charge in [-0.1, -0.05) is 58.8 Å². The maximum Gasteiger partial charge on any atom is 0.0264 e. The molecule has 1 atom stereocenters. The van der Waals surface area contributed by atoms with Crippen molar-refractivity contribution in [3.63, 3.8) is 0 Å². The van der Waals surface area contributed by atoms with E-state index in [0.717, 1.165) is 6.42 Å². The van der Waals surface area contributed by atoms with Crippen LogP contribution in [0.4, 0.5) is 0 Å². The third-order valence-electron chi connectivity index (χ3n) is 1.60. The molecule has 0 aromatic rings. The quantitative estimate of drug-likeness (QED) is 0.479. The fourth-order valence-electron chi connectivity index (χ4n) is 0.952. The van der Waals surface area contributed by atoms with Crippen molar-refractivity contribution in [1.29, 1.82) is 0 Å². The van der Waals surface area contributed by atoms with Gasteiger partial charge < -0.3 is 0 Å². The lowest BCUT2D eigenvalue weighted by Crippen LogP contribution is -1.76. The minimum Gasteiger partial charge on any atom is -0.0654 e. The molecule has 0 spiro atoms. The number of hydrogen-bond acceptors (Lipinski definition) is 0. The first-order valence-corrected chi connectivity index (χ1v) is 4.19. The molecule has 0 radical (unpaired) electrons. The van der Waals surface area contributed by atoms with E-state index in [1.807, 2.05) is 6.92 Å². The van der Waals surface area contributed by atoms with Crippen molar-refractivity contribution >= 4 is 0 Å². The number of rotatable bonds is 6. The molecule has 0 N–H and O–H groups in total. The van der Waals surface area contributed by atoms with Crippen molar-refractivity contribution in [1.82, 2.24) is 0 Å². The molecule has 0 aromatic carbocycles. The lowest BCUT2D eigenvalue weighted by atomic mass is 10.1. The van der Waals surface area contributed by atoms with Gasteiger partial charge in [0.1, 0.15) is 0 Å². The van der Waals surface area contributed by atoms with Gasteiger partial charge >= 0.3 is 0 Å². The summed E-state index contributed by atoms with van der Waals surface area (Å²) in [6, 6.07) is 0. The van der Waals surface area contributed by atoms with Gasteiger partial charge in [0.25, 0.3) is 0 Å². The van der Waals surface area contributed by atoms with Gasteiger partial charge in [-0.3, -0.25) is 0 Å². The Bertz CT molecular complexity index is 59.7. The van der Waals surface area contributed by atoms with Crippen molar-refractivity contribution in [3.05, 3.63) is 0 Å². The number of hydrogen-bond donors (Lipinski definition) is 0. The molecule has 0 fully saturated rings. The maximum absolute atomic E-state index is 7.26. The first kappa shape index (κ1) is 7.11. The molecule has 1 unspecified atom stereocenters. The second-order valence-electron chi connectivity index (χ2n) is 2.61. The maximum atomic E-state index is 7.26. The van der Waals surface area contributed by atoms with Crippen LogP contribution in [0, 0.1) is 0 Å². The van der Waals surface area contributed by atoms with E-state index in [4.69, 9.17) is 1.37 Å². The molecule has 0 heterocycles. The lowest BCUT2D eigenvalue weighted by Gasteiger charge is -1.96. The summed E-state index contributed by atoms with van der Waals surface area (Å²) in [5, 5.41) is 0. The first-order valence-electron chi connectivity index (χ1n) is 4.77. The van der Waals surface area contributed by atoms with Gasteiger partial charge in [0, 0.05) is 1.37 Å². The van der Waals surface area contributed by atoms with E-state index in [9.17, 15) is 0 Å². The summed E-state index contributed by atoms with van der Waals surface area (Å²) >= 11 is 0. The van der Waals surface area contributed by atoms with Crippen LogP contribution in [0.15, 0.2) is 0 Å². The summed E-state index contributed by atoms with van der Waals surface area (Å²) in [4.78, 5) is 0. The van der Waals surface area contributed by atoms with Crippen LogP contribution in [0.5, 0.6) is 0 Å². The van der Waals surface area contributed by atoms with Gasteiger partial charge in [0.2, 0.25) is 0 Å². The van der Waals surface area contributed by atoms with Gasteiger partial charge in [-0.25, -0.2) is 0 Å². The highest BCUT2D eigenvalue weighted by Gasteiger charge is 1.85. The predicted octanol–water partition coefficient (Wildman–Crippen LogP) is 3.76. The van der Waals surface area contributed by atoms with Crippen molar-refractivity contribution in [2.45, 2.75) is 58.8 Å². The Hall–Kier alpha value is 0. The molecule has 0 nitrogen and oxygen atoms in total. The van der Waals surface area contributed by atoms with Crippen LogP contribution >= 0.6 is 0 Å². The van der Waals surface area contributed by atoms with Gasteiger partial charge in [0.15, 0.2) is 0 Å². The fourth-order valence-corrected chi connectivity index (χ4v) is 0.952. The second-order valence-corrected chi connectivity index (χ2v) is 2.61. The molecule has 0 aliphatic heterocycles. The van der Waals surface area contributed by atoms with Crippen LogP contribution in [0.25, 0.3) is 0 Å². The van der Waals surface area contributed by atoms with Crippen LogP contribution in [-0.2, 0) is 0 Å². The largest absolute Gasteiger partial charge is 0.0654 e. The van der Waals surface area contributed by atoms with E-state index in [1.54, 1.807) is 0 Å². The van der Waals surface area contributed by atoms with Crippen LogP contribution in [-0.4, -0.2) is 0 Å². The average molecular weight is 129 g/mol. The Labute approximate surface area is 61.1 Å². The molecule has 0 aromatic heterocycles. The zero-order valence-corrected chi connectivity index (χ0v) is 6.82. The molecule has 0 rings (SSSR count). The van der Waals surface area contributed by atoms with Gasteiger partial charge in [-0.05, 0) is 0 Å². The summed E-state index contributed by atoms with van der Waals surface area (Å²) in [6.45, 7) is 4.20. The monoisotopic (exact) mass is 129 g/mol. The van der Waals surface area contributed by atoms with Crippen LogP contribution < -0.4 is 0 Å². The summed E-state index contributed by atoms with van der Waals surface area (Å²) in [5.41, 5.74) is 0. The Balaban J connectivity index is 2.77. The molecule has 0 heteroatoms. The summed E-state index contributed by atoms with van der Waals surface area (Å²) in [6.07, 6.45) is 7.87. The third-order valence-corrected chi connectivity index (χ3v) is 1.60. The van der Waals surface area contributed by atoms with Gasteiger partial charge in [0.05, 0.1) is 0 Å². The van der Waals surface area contributed by atoms with E-state index in [1.165, 1.54) is 32.1 Å². The first-order chi connectivity index (χ1) is 4.77. The molecule has 0 aliphatic carbocycles. The van der Waals surface area contributed by atoms with Gasteiger partial charge in [-0.2, -0.15) is 0 Å². The predicted molar refractivity (Wildman–Crippen MR) is 43.7 cm³/mol. The van der Waals surface area contributed by atoms with E-state index in [-0.39, 0.29) is 6.40 Å². The van der Waals surface area contributed by atoms with Gasteiger partial charge in [-0.15, -0.1) is 0 Å². The summed E-state index contributed by atoms with van der Waals surface area (Å²) in [5.74, 6) is 0. The van der Waals surface area contributed by atoms with E-state index < -0.39 is 0 Å². The Morgan fingerprint density at radius 3 is 2.00 bits per heavy atom. The summed E-state index contributed by atoms with van der Waals surface area (Å²) in [7, 11) is 0. The van der Waals surface area contributed by atoms with Crippen molar-refractivity contribution in [2.24, 2.45) is 0 Å². The van der Waals surface area contributed by atoms with E-state index >= 15 is 0 Å². The molecular weight excluding hydrogens is 108 g/mol. The molecule has 56 valence electrons. The molecule has 0 bridgehead atoms. The molecule has 0 saturated carbocycles. The standard InChI is InChI=1S/C9H20/c1-3-5-7-9-8-6-4-2/h3-9H2,1-2H3/i3D. The Morgan fingerprint density at radius 2 is 1.44 bits per heavy atom. The minimum absolute atomic E-state index is 0.154. The highest BCUT2D eigenvalue weighted by Crippen LogP contribution is 2.05.